The monoisotopic (exact) mass is 337 g/mol. The highest BCUT2D eigenvalue weighted by molar-refractivity contribution is 7.13. The van der Waals surface area contributed by atoms with Gasteiger partial charge in [0.2, 0.25) is 11.8 Å². The summed E-state index contributed by atoms with van der Waals surface area (Å²) in [5, 5.41) is 14.7. The van der Waals surface area contributed by atoms with Crippen molar-refractivity contribution in [2.45, 2.75) is 31.7 Å². The Bertz CT molecular complexity index is 542. The van der Waals surface area contributed by atoms with Crippen molar-refractivity contribution in [1.82, 2.24) is 20.9 Å². The Hall–Kier alpha value is -1.51. The van der Waals surface area contributed by atoms with Crippen LogP contribution in [0.5, 0.6) is 0 Å². The number of hydrogen-bond donors (Lipinski definition) is 4. The zero-order valence-electron chi connectivity index (χ0n) is 13.1. The van der Waals surface area contributed by atoms with Crippen molar-refractivity contribution in [3.63, 3.8) is 0 Å². The maximum Gasteiger partial charge on any atom is 0.237 e. The van der Waals surface area contributed by atoms with E-state index in [-0.39, 0.29) is 29.7 Å². The van der Waals surface area contributed by atoms with Crippen molar-refractivity contribution in [3.8, 4) is 0 Å². The molecule has 126 valence electrons. The molecule has 2 saturated heterocycles. The van der Waals surface area contributed by atoms with Crippen LogP contribution in [0, 0.1) is 5.41 Å². The molecule has 3 rings (SSSR count). The Morgan fingerprint density at radius 3 is 2.96 bits per heavy atom. The zero-order chi connectivity index (χ0) is 16.1. The number of carbonyl (C=O) groups excluding carboxylic acids is 2. The SMILES string of the molecule is O=C(CCNC(=O)[C@H]1CC2(CCNCC2)CN1)Nc1nccs1. The lowest BCUT2D eigenvalue weighted by atomic mass is 9.77. The van der Waals surface area contributed by atoms with Crippen molar-refractivity contribution in [3.05, 3.63) is 11.6 Å². The number of hydrogen-bond acceptors (Lipinski definition) is 6. The average Bonchev–Trinajstić information content (AvgIpc) is 3.18. The molecule has 2 fully saturated rings. The second-order valence-corrected chi connectivity index (χ2v) is 7.21. The van der Waals surface area contributed by atoms with E-state index in [2.05, 4.69) is 26.3 Å². The molecule has 8 heteroatoms. The summed E-state index contributed by atoms with van der Waals surface area (Å²) in [4.78, 5) is 28.0. The number of piperidine rings is 1. The number of anilines is 1. The number of nitrogens with one attached hydrogen (secondary N) is 4. The van der Waals surface area contributed by atoms with Gasteiger partial charge >= 0.3 is 0 Å². The average molecular weight is 337 g/mol. The molecule has 1 aromatic rings. The third-order valence-electron chi connectivity index (χ3n) is 4.67. The van der Waals surface area contributed by atoms with Crippen LogP contribution in [0.1, 0.15) is 25.7 Å². The van der Waals surface area contributed by atoms with Crippen molar-refractivity contribution < 1.29 is 9.59 Å². The lowest BCUT2D eigenvalue weighted by Gasteiger charge is -2.33. The molecule has 7 nitrogen and oxygen atoms in total. The van der Waals surface area contributed by atoms with Crippen LogP contribution in [-0.2, 0) is 9.59 Å². The van der Waals surface area contributed by atoms with Gasteiger partial charge in [-0.2, -0.15) is 0 Å². The Balaban J connectivity index is 1.37. The van der Waals surface area contributed by atoms with E-state index in [1.54, 1.807) is 11.6 Å². The fourth-order valence-electron chi connectivity index (χ4n) is 3.33. The molecule has 0 radical (unpaired) electrons. The molecule has 1 atom stereocenters. The van der Waals surface area contributed by atoms with Crippen LogP contribution in [0.2, 0.25) is 0 Å². The minimum absolute atomic E-state index is 0.00227. The van der Waals surface area contributed by atoms with E-state index < -0.39 is 0 Å². The molecule has 0 aliphatic carbocycles. The molecular weight excluding hydrogens is 314 g/mol. The number of carbonyl (C=O) groups is 2. The summed E-state index contributed by atoms with van der Waals surface area (Å²) < 4.78 is 0. The molecular formula is C15H23N5O2S. The molecule has 0 saturated carbocycles. The van der Waals surface area contributed by atoms with Gasteiger partial charge in [0.15, 0.2) is 5.13 Å². The standard InChI is InChI=1S/C15H23N5O2S/c21-12(20-14-18-7-8-23-14)1-4-17-13(22)11-9-15(10-19-11)2-5-16-6-3-15/h7-8,11,16,19H,1-6,9-10H2,(H,17,22)(H,18,20,21)/t11-/m1/s1. The third-order valence-corrected chi connectivity index (χ3v) is 5.36. The van der Waals surface area contributed by atoms with Gasteiger partial charge in [0.1, 0.15) is 0 Å². The first-order chi connectivity index (χ1) is 11.2. The smallest absolute Gasteiger partial charge is 0.237 e. The summed E-state index contributed by atoms with van der Waals surface area (Å²) >= 11 is 1.38. The molecule has 2 aliphatic rings. The Kier molecular flexibility index (Phi) is 5.24. The van der Waals surface area contributed by atoms with Crippen molar-refractivity contribution in [1.29, 1.82) is 0 Å². The van der Waals surface area contributed by atoms with Crippen molar-refractivity contribution in [2.75, 3.05) is 31.5 Å². The maximum absolute atomic E-state index is 12.2. The van der Waals surface area contributed by atoms with E-state index >= 15 is 0 Å². The van der Waals surface area contributed by atoms with Crippen LogP contribution in [0.25, 0.3) is 0 Å². The van der Waals surface area contributed by atoms with Crippen LogP contribution in [0.3, 0.4) is 0 Å². The predicted octanol–water partition coefficient (Wildman–Crippen LogP) is 0.320. The Labute approximate surface area is 139 Å². The summed E-state index contributed by atoms with van der Waals surface area (Å²) in [6.45, 7) is 3.33. The summed E-state index contributed by atoms with van der Waals surface area (Å²) in [5.41, 5.74) is 0.273. The number of thiazole rings is 1. The maximum atomic E-state index is 12.2. The molecule has 0 aromatic carbocycles. The highest BCUT2D eigenvalue weighted by Gasteiger charge is 2.41. The molecule has 0 bridgehead atoms. The molecule has 2 amide bonds. The van der Waals surface area contributed by atoms with Crippen LogP contribution in [-0.4, -0.2) is 49.0 Å². The molecule has 0 unspecified atom stereocenters. The van der Waals surface area contributed by atoms with Gasteiger partial charge in [-0.25, -0.2) is 4.98 Å². The normalized spacial score (nSPS) is 22.9. The fourth-order valence-corrected chi connectivity index (χ4v) is 3.87. The quantitative estimate of drug-likeness (QED) is 0.621. The van der Waals surface area contributed by atoms with E-state index in [9.17, 15) is 9.59 Å². The third kappa shape index (κ3) is 4.27. The lowest BCUT2D eigenvalue weighted by Crippen LogP contribution is -2.41. The van der Waals surface area contributed by atoms with Crippen LogP contribution in [0.15, 0.2) is 11.6 Å². The largest absolute Gasteiger partial charge is 0.354 e. The lowest BCUT2D eigenvalue weighted by molar-refractivity contribution is -0.123. The van der Waals surface area contributed by atoms with Gasteiger partial charge in [-0.3, -0.25) is 9.59 Å². The fraction of sp³-hybridized carbons (Fsp3) is 0.667. The van der Waals surface area contributed by atoms with E-state index in [4.69, 9.17) is 0 Å². The topological polar surface area (TPSA) is 95.2 Å². The summed E-state index contributed by atoms with van der Waals surface area (Å²) in [7, 11) is 0. The number of nitrogens with zero attached hydrogens (tertiary/aromatic N) is 1. The summed E-state index contributed by atoms with van der Waals surface area (Å²) in [6.07, 6.45) is 5.05. The van der Waals surface area contributed by atoms with Crippen LogP contribution >= 0.6 is 11.3 Å². The highest BCUT2D eigenvalue weighted by Crippen LogP contribution is 2.37. The van der Waals surface area contributed by atoms with Crippen LogP contribution < -0.4 is 21.3 Å². The van der Waals surface area contributed by atoms with E-state index in [0.717, 1.165) is 38.9 Å². The number of amides is 2. The van der Waals surface area contributed by atoms with Gasteiger partial charge in [0.05, 0.1) is 6.04 Å². The van der Waals surface area contributed by atoms with Gasteiger partial charge in [-0.15, -0.1) is 11.3 Å². The van der Waals surface area contributed by atoms with Gasteiger partial charge in [-0.05, 0) is 37.8 Å². The van der Waals surface area contributed by atoms with Gasteiger partial charge in [0.25, 0.3) is 0 Å². The van der Waals surface area contributed by atoms with E-state index in [1.807, 2.05) is 0 Å². The van der Waals surface area contributed by atoms with E-state index in [0.29, 0.717) is 11.7 Å². The predicted molar refractivity (Wildman–Crippen MR) is 89.3 cm³/mol. The first-order valence-electron chi connectivity index (χ1n) is 8.08. The summed E-state index contributed by atoms with van der Waals surface area (Å²) in [5.74, 6) is -0.128. The first kappa shape index (κ1) is 16.4. The molecule has 23 heavy (non-hydrogen) atoms. The molecule has 2 aliphatic heterocycles. The van der Waals surface area contributed by atoms with Gasteiger partial charge in [0, 0.05) is 31.1 Å². The molecule has 1 aromatic heterocycles. The Morgan fingerprint density at radius 1 is 1.39 bits per heavy atom. The zero-order valence-corrected chi connectivity index (χ0v) is 13.9. The minimum Gasteiger partial charge on any atom is -0.354 e. The second-order valence-electron chi connectivity index (χ2n) is 6.31. The van der Waals surface area contributed by atoms with Crippen LogP contribution in [0.4, 0.5) is 5.13 Å². The highest BCUT2D eigenvalue weighted by atomic mass is 32.1. The minimum atomic E-state index is -0.130. The van der Waals surface area contributed by atoms with Gasteiger partial charge in [-0.1, -0.05) is 0 Å². The molecule has 4 N–H and O–H groups in total. The molecule has 3 heterocycles. The van der Waals surface area contributed by atoms with E-state index in [1.165, 1.54) is 11.3 Å². The van der Waals surface area contributed by atoms with Gasteiger partial charge < -0.3 is 21.3 Å². The van der Waals surface area contributed by atoms with Crippen molar-refractivity contribution >= 4 is 28.3 Å². The Morgan fingerprint density at radius 2 is 2.22 bits per heavy atom. The number of aromatic nitrogens is 1. The molecule has 1 spiro atoms. The summed E-state index contributed by atoms with van der Waals surface area (Å²) in [6, 6.07) is -0.130. The van der Waals surface area contributed by atoms with Crippen molar-refractivity contribution in [2.24, 2.45) is 5.41 Å². The first-order valence-corrected chi connectivity index (χ1v) is 8.96. The number of rotatable bonds is 5. The second kappa shape index (κ2) is 7.37.